The van der Waals surface area contributed by atoms with E-state index in [0.29, 0.717) is 11.5 Å². The zero-order chi connectivity index (χ0) is 18.3. The average molecular weight is 348 g/mol. The van der Waals surface area contributed by atoms with Crippen molar-refractivity contribution >= 4 is 28.4 Å². The van der Waals surface area contributed by atoms with Crippen molar-refractivity contribution in [2.45, 2.75) is 13.8 Å². The molecule has 130 valence electrons. The summed E-state index contributed by atoms with van der Waals surface area (Å²) in [7, 11) is 0. The molecule has 6 nitrogen and oxygen atoms in total. The number of nitrogens with two attached hydrogens (primary N) is 1. The number of nitrogens with one attached hydrogen (secondary N) is 1. The summed E-state index contributed by atoms with van der Waals surface area (Å²) < 4.78 is 16.2. The minimum atomic E-state index is -0.684. The molecule has 4 rings (SSSR count). The Balaban J connectivity index is 1.84. The predicted octanol–water partition coefficient (Wildman–Crippen LogP) is 3.90. The molecule has 0 aliphatic carbocycles. The molecule has 0 saturated carbocycles. The molecule has 7 heteroatoms. The third kappa shape index (κ3) is 2.73. The predicted molar refractivity (Wildman–Crippen MR) is 100 cm³/mol. The van der Waals surface area contributed by atoms with Crippen molar-refractivity contribution in [3.05, 3.63) is 65.7 Å². The lowest BCUT2D eigenvalue weighted by Crippen LogP contribution is -2.10. The molecule has 0 spiro atoms. The Morgan fingerprint density at radius 3 is 2.46 bits per heavy atom. The van der Waals surface area contributed by atoms with Gasteiger partial charge in [0.15, 0.2) is 11.6 Å². The van der Waals surface area contributed by atoms with Crippen molar-refractivity contribution in [3.8, 4) is 5.95 Å². The van der Waals surface area contributed by atoms with Gasteiger partial charge in [-0.2, -0.15) is 14.4 Å². The first-order valence-corrected chi connectivity index (χ1v) is 8.14. The number of benzene rings is 2. The number of nitrogen functional groups attached to an aromatic ring is 1. The molecule has 2 heterocycles. The van der Waals surface area contributed by atoms with Gasteiger partial charge in [-0.05, 0) is 38.1 Å². The molecular formula is C19H17FN6. The largest absolute Gasteiger partial charge is 0.381 e. The molecule has 0 atom stereocenters. The SMILES string of the molecule is Cc1ccc(Nc2nc(-n3c(C)nc4ccccc43)nc(N)c2F)cc1. The number of halogens is 1. The highest BCUT2D eigenvalue weighted by molar-refractivity contribution is 5.77. The number of imidazole rings is 1. The van der Waals surface area contributed by atoms with Crippen LogP contribution in [0.25, 0.3) is 17.0 Å². The minimum Gasteiger partial charge on any atom is -0.381 e. The molecule has 0 saturated heterocycles. The minimum absolute atomic E-state index is 0.0218. The van der Waals surface area contributed by atoms with Gasteiger partial charge in [-0.25, -0.2) is 4.98 Å². The van der Waals surface area contributed by atoms with Gasteiger partial charge in [-0.15, -0.1) is 0 Å². The fourth-order valence-corrected chi connectivity index (χ4v) is 2.81. The van der Waals surface area contributed by atoms with Crippen LogP contribution in [0.5, 0.6) is 0 Å². The van der Waals surface area contributed by atoms with Crippen LogP contribution >= 0.6 is 0 Å². The first kappa shape index (κ1) is 16.0. The van der Waals surface area contributed by atoms with E-state index in [2.05, 4.69) is 20.3 Å². The lowest BCUT2D eigenvalue weighted by atomic mass is 10.2. The Hall–Kier alpha value is -3.48. The topological polar surface area (TPSA) is 81.7 Å². The van der Waals surface area contributed by atoms with Crippen LogP contribution in [0.1, 0.15) is 11.4 Å². The van der Waals surface area contributed by atoms with Crippen LogP contribution in [0, 0.1) is 19.7 Å². The first-order valence-electron chi connectivity index (χ1n) is 8.14. The molecular weight excluding hydrogens is 331 g/mol. The van der Waals surface area contributed by atoms with Gasteiger partial charge in [-0.1, -0.05) is 29.8 Å². The van der Waals surface area contributed by atoms with Gasteiger partial charge in [0.1, 0.15) is 5.82 Å². The number of hydrogen-bond acceptors (Lipinski definition) is 5. The number of nitrogens with zero attached hydrogens (tertiary/aromatic N) is 4. The number of aromatic nitrogens is 4. The van der Waals surface area contributed by atoms with E-state index in [1.54, 1.807) is 4.57 Å². The van der Waals surface area contributed by atoms with Gasteiger partial charge in [0.05, 0.1) is 11.0 Å². The Labute approximate surface area is 149 Å². The van der Waals surface area contributed by atoms with Crippen molar-refractivity contribution in [2.24, 2.45) is 0 Å². The van der Waals surface area contributed by atoms with E-state index in [9.17, 15) is 4.39 Å². The molecule has 3 N–H and O–H groups in total. The van der Waals surface area contributed by atoms with Crippen LogP contribution in [-0.4, -0.2) is 19.5 Å². The van der Waals surface area contributed by atoms with Gasteiger partial charge in [-0.3, -0.25) is 4.57 Å². The number of anilines is 3. The number of aryl methyl sites for hydroxylation is 2. The van der Waals surface area contributed by atoms with E-state index in [-0.39, 0.29) is 17.6 Å². The van der Waals surface area contributed by atoms with Crippen LogP contribution in [0.3, 0.4) is 0 Å². The van der Waals surface area contributed by atoms with Crippen molar-refractivity contribution in [2.75, 3.05) is 11.1 Å². The van der Waals surface area contributed by atoms with Crippen molar-refractivity contribution in [1.82, 2.24) is 19.5 Å². The zero-order valence-electron chi connectivity index (χ0n) is 14.4. The third-order valence-electron chi connectivity index (χ3n) is 4.11. The summed E-state index contributed by atoms with van der Waals surface area (Å²) in [6.45, 7) is 3.83. The second-order valence-corrected chi connectivity index (χ2v) is 6.05. The molecule has 26 heavy (non-hydrogen) atoms. The van der Waals surface area contributed by atoms with Crippen LogP contribution in [0.15, 0.2) is 48.5 Å². The normalized spacial score (nSPS) is 11.0. The van der Waals surface area contributed by atoms with Crippen molar-refractivity contribution in [3.63, 3.8) is 0 Å². The molecule has 0 aliphatic heterocycles. The van der Waals surface area contributed by atoms with E-state index in [1.165, 1.54) is 0 Å². The standard InChI is InChI=1S/C19H17FN6/c1-11-7-9-13(10-8-11)23-18-16(20)17(21)24-19(25-18)26-12(2)22-14-5-3-4-6-15(14)26/h3-10H,1-2H3,(H3,21,23,24,25). The van der Waals surface area contributed by atoms with E-state index in [0.717, 1.165) is 16.6 Å². The summed E-state index contributed by atoms with van der Waals surface area (Å²) in [6, 6.07) is 15.2. The fraction of sp³-hybridized carbons (Fsp3) is 0.105. The number of para-hydroxylation sites is 2. The molecule has 0 unspecified atom stereocenters. The Morgan fingerprint density at radius 2 is 1.69 bits per heavy atom. The van der Waals surface area contributed by atoms with Crippen LogP contribution in [0.2, 0.25) is 0 Å². The molecule has 2 aromatic heterocycles. The first-order chi connectivity index (χ1) is 12.5. The molecule has 0 radical (unpaired) electrons. The number of hydrogen-bond donors (Lipinski definition) is 2. The number of rotatable bonds is 3. The smallest absolute Gasteiger partial charge is 0.239 e. The van der Waals surface area contributed by atoms with Gasteiger partial charge in [0.2, 0.25) is 11.8 Å². The average Bonchev–Trinajstić information content (AvgIpc) is 2.96. The molecule has 0 aliphatic rings. The van der Waals surface area contributed by atoms with Crippen LogP contribution in [-0.2, 0) is 0 Å². The highest BCUT2D eigenvalue weighted by atomic mass is 19.1. The van der Waals surface area contributed by atoms with Gasteiger partial charge in [0, 0.05) is 5.69 Å². The third-order valence-corrected chi connectivity index (χ3v) is 4.11. The monoisotopic (exact) mass is 348 g/mol. The Bertz CT molecular complexity index is 1100. The van der Waals surface area contributed by atoms with Gasteiger partial charge in [0.25, 0.3) is 0 Å². The second kappa shape index (κ2) is 6.11. The maximum Gasteiger partial charge on any atom is 0.239 e. The lowest BCUT2D eigenvalue weighted by Gasteiger charge is -2.12. The maximum absolute atomic E-state index is 14.5. The highest BCUT2D eigenvalue weighted by Gasteiger charge is 2.17. The van der Waals surface area contributed by atoms with Crippen molar-refractivity contribution in [1.29, 1.82) is 0 Å². The van der Waals surface area contributed by atoms with E-state index in [1.807, 2.05) is 62.4 Å². The van der Waals surface area contributed by atoms with E-state index < -0.39 is 5.82 Å². The van der Waals surface area contributed by atoms with Crippen LogP contribution in [0.4, 0.5) is 21.7 Å². The summed E-state index contributed by atoms with van der Waals surface area (Å²) >= 11 is 0. The molecule has 2 aromatic carbocycles. The Morgan fingerprint density at radius 1 is 0.962 bits per heavy atom. The quantitative estimate of drug-likeness (QED) is 0.587. The zero-order valence-corrected chi connectivity index (χ0v) is 14.4. The molecule has 0 amide bonds. The second-order valence-electron chi connectivity index (χ2n) is 6.05. The van der Waals surface area contributed by atoms with Gasteiger partial charge < -0.3 is 11.1 Å². The summed E-state index contributed by atoms with van der Waals surface area (Å²) in [5.74, 6) is 0.0786. The van der Waals surface area contributed by atoms with Gasteiger partial charge >= 0.3 is 0 Å². The van der Waals surface area contributed by atoms with E-state index in [4.69, 9.17) is 5.73 Å². The number of fused-ring (bicyclic) bond motifs is 1. The lowest BCUT2D eigenvalue weighted by molar-refractivity contribution is 0.622. The van der Waals surface area contributed by atoms with Crippen LogP contribution < -0.4 is 11.1 Å². The summed E-state index contributed by atoms with van der Waals surface area (Å²) in [6.07, 6.45) is 0. The molecule has 4 aromatic rings. The van der Waals surface area contributed by atoms with Crippen molar-refractivity contribution < 1.29 is 4.39 Å². The maximum atomic E-state index is 14.5. The van der Waals surface area contributed by atoms with E-state index >= 15 is 0 Å². The fourth-order valence-electron chi connectivity index (χ4n) is 2.81. The summed E-state index contributed by atoms with van der Waals surface area (Å²) in [5.41, 5.74) is 9.26. The Kier molecular flexibility index (Phi) is 3.76. The summed E-state index contributed by atoms with van der Waals surface area (Å²) in [4.78, 5) is 13.0. The molecule has 0 bridgehead atoms. The highest BCUT2D eigenvalue weighted by Crippen LogP contribution is 2.25. The summed E-state index contributed by atoms with van der Waals surface area (Å²) in [5, 5.41) is 2.97. The molecule has 0 fully saturated rings.